The molecule has 1 aliphatic carbocycles. The molecule has 3 N–H and O–H groups in total. The molecule has 24 heavy (non-hydrogen) atoms. The lowest BCUT2D eigenvalue weighted by molar-refractivity contribution is -0.123. The maximum atomic E-state index is 12.4. The van der Waals surface area contributed by atoms with Crippen LogP contribution in [0.15, 0.2) is 18.3 Å². The van der Waals surface area contributed by atoms with Gasteiger partial charge in [-0.25, -0.2) is 10.4 Å². The number of hydrogen-bond donors (Lipinski definition) is 3. The highest BCUT2D eigenvalue weighted by molar-refractivity contribution is 5.82. The average Bonchev–Trinajstić information content (AvgIpc) is 3.25. The van der Waals surface area contributed by atoms with Crippen molar-refractivity contribution in [1.82, 2.24) is 21.2 Å². The van der Waals surface area contributed by atoms with E-state index < -0.39 is 0 Å². The topological polar surface area (TPSA) is 75.3 Å². The summed E-state index contributed by atoms with van der Waals surface area (Å²) in [6.07, 6.45) is 7.45. The van der Waals surface area contributed by atoms with Gasteiger partial charge in [0.2, 0.25) is 11.8 Å². The van der Waals surface area contributed by atoms with Crippen LogP contribution in [0.5, 0.6) is 5.88 Å². The predicted octanol–water partition coefficient (Wildman–Crippen LogP) is 1.91. The van der Waals surface area contributed by atoms with Gasteiger partial charge in [-0.15, -0.1) is 0 Å². The molecule has 2 fully saturated rings. The summed E-state index contributed by atoms with van der Waals surface area (Å²) in [7, 11) is 0. The number of ether oxygens (including phenoxy) is 1. The fraction of sp³-hybridized carbons (Fsp3) is 0.667. The lowest BCUT2D eigenvalue weighted by Crippen LogP contribution is -2.43. The van der Waals surface area contributed by atoms with Gasteiger partial charge in [0.15, 0.2) is 0 Å². The molecule has 0 spiro atoms. The predicted molar refractivity (Wildman–Crippen MR) is 92.3 cm³/mol. The third-order valence-corrected chi connectivity index (χ3v) is 4.94. The molecule has 132 valence electrons. The number of aromatic nitrogens is 1. The first-order valence-electron chi connectivity index (χ1n) is 9.03. The number of pyridine rings is 1. The molecule has 1 saturated heterocycles. The number of amides is 1. The number of carbonyl (C=O) groups excluding carboxylic acids is 1. The lowest BCUT2D eigenvalue weighted by atomic mass is 9.99. The number of carbonyl (C=O) groups is 1. The van der Waals surface area contributed by atoms with Crippen molar-refractivity contribution in [3.05, 3.63) is 23.9 Å². The van der Waals surface area contributed by atoms with E-state index in [0.717, 1.165) is 24.8 Å². The molecule has 2 aliphatic rings. The summed E-state index contributed by atoms with van der Waals surface area (Å²) in [5.74, 6) is 1.17. The van der Waals surface area contributed by atoms with Crippen molar-refractivity contribution in [2.24, 2.45) is 5.92 Å². The van der Waals surface area contributed by atoms with Gasteiger partial charge in [-0.3, -0.25) is 10.2 Å². The van der Waals surface area contributed by atoms with Gasteiger partial charge in [0, 0.05) is 24.3 Å². The van der Waals surface area contributed by atoms with Crippen molar-refractivity contribution in [3.63, 3.8) is 0 Å². The van der Waals surface area contributed by atoms with Crippen molar-refractivity contribution in [3.8, 4) is 5.88 Å². The van der Waals surface area contributed by atoms with E-state index in [-0.39, 0.29) is 18.1 Å². The van der Waals surface area contributed by atoms with Crippen molar-refractivity contribution in [1.29, 1.82) is 0 Å². The summed E-state index contributed by atoms with van der Waals surface area (Å²) in [4.78, 5) is 16.7. The molecule has 3 rings (SSSR count). The molecule has 1 aromatic rings. The van der Waals surface area contributed by atoms with Crippen molar-refractivity contribution in [2.45, 2.75) is 70.7 Å². The largest absolute Gasteiger partial charge is 0.474 e. The molecule has 1 aliphatic heterocycles. The minimum atomic E-state index is -0.187. The number of nitrogens with zero attached hydrogens (tertiary/aromatic N) is 1. The summed E-state index contributed by atoms with van der Waals surface area (Å²) in [5, 5.41) is 3.00. The summed E-state index contributed by atoms with van der Waals surface area (Å²) in [6.45, 7) is 4.75. The summed E-state index contributed by atoms with van der Waals surface area (Å²) < 4.78 is 6.02. The third-order valence-electron chi connectivity index (χ3n) is 4.94. The van der Waals surface area contributed by atoms with Gasteiger partial charge in [-0.2, -0.15) is 0 Å². The van der Waals surface area contributed by atoms with Crippen molar-refractivity contribution >= 4 is 5.91 Å². The molecule has 1 aromatic heterocycles. The van der Waals surface area contributed by atoms with Crippen LogP contribution in [-0.2, 0) is 11.3 Å². The van der Waals surface area contributed by atoms with Crippen LogP contribution in [0.3, 0.4) is 0 Å². The molecule has 1 saturated carbocycles. The van der Waals surface area contributed by atoms with Gasteiger partial charge in [0.25, 0.3) is 0 Å². The van der Waals surface area contributed by atoms with Crippen LogP contribution in [0.4, 0.5) is 0 Å². The summed E-state index contributed by atoms with van der Waals surface area (Å²) >= 11 is 0. The molecular weight excluding hydrogens is 304 g/mol. The third kappa shape index (κ3) is 4.24. The SMILES string of the molecule is CC(C)C1CC(C(=O)NCc2cccnc2OC2CCCC2)NN1. The van der Waals surface area contributed by atoms with Gasteiger partial charge >= 0.3 is 0 Å². The quantitative estimate of drug-likeness (QED) is 0.742. The average molecular weight is 332 g/mol. The Labute approximate surface area is 143 Å². The Bertz CT molecular complexity index is 558. The molecule has 2 unspecified atom stereocenters. The minimum absolute atomic E-state index is 0.0151. The zero-order chi connectivity index (χ0) is 16.9. The van der Waals surface area contributed by atoms with E-state index in [2.05, 4.69) is 35.0 Å². The van der Waals surface area contributed by atoms with Crippen molar-refractivity contribution < 1.29 is 9.53 Å². The zero-order valence-corrected chi connectivity index (χ0v) is 14.5. The molecule has 2 heterocycles. The standard InChI is InChI=1S/C18H28N4O2/c1-12(2)15-10-16(22-21-15)17(23)20-11-13-6-5-9-19-18(13)24-14-7-3-4-8-14/h5-6,9,12,14-16,21-22H,3-4,7-8,10-11H2,1-2H3,(H,20,23). The Balaban J connectivity index is 1.53. The van der Waals surface area contributed by atoms with Crippen LogP contribution in [-0.4, -0.2) is 29.1 Å². The second-order valence-electron chi connectivity index (χ2n) is 7.14. The van der Waals surface area contributed by atoms with E-state index in [0.29, 0.717) is 24.4 Å². The van der Waals surface area contributed by atoms with E-state index in [9.17, 15) is 4.79 Å². The monoisotopic (exact) mass is 332 g/mol. The first-order valence-corrected chi connectivity index (χ1v) is 9.03. The Morgan fingerprint density at radius 1 is 1.38 bits per heavy atom. The Kier molecular flexibility index (Phi) is 5.68. The second-order valence-corrected chi connectivity index (χ2v) is 7.14. The van der Waals surface area contributed by atoms with Crippen LogP contribution < -0.4 is 20.9 Å². The lowest BCUT2D eigenvalue weighted by Gasteiger charge is -2.16. The Morgan fingerprint density at radius 3 is 2.88 bits per heavy atom. The zero-order valence-electron chi connectivity index (χ0n) is 14.5. The van der Waals surface area contributed by atoms with Gasteiger partial charge in [0.1, 0.15) is 12.1 Å². The van der Waals surface area contributed by atoms with Gasteiger partial charge in [-0.1, -0.05) is 19.9 Å². The number of nitrogens with one attached hydrogen (secondary N) is 3. The van der Waals surface area contributed by atoms with Crippen LogP contribution >= 0.6 is 0 Å². The Morgan fingerprint density at radius 2 is 2.17 bits per heavy atom. The normalized spacial score (nSPS) is 24.5. The fourth-order valence-corrected chi connectivity index (χ4v) is 3.33. The molecule has 6 heteroatoms. The smallest absolute Gasteiger partial charge is 0.238 e. The van der Waals surface area contributed by atoms with E-state index in [1.54, 1.807) is 6.20 Å². The number of hydrogen-bond acceptors (Lipinski definition) is 5. The van der Waals surface area contributed by atoms with Crippen molar-refractivity contribution in [2.75, 3.05) is 0 Å². The van der Waals surface area contributed by atoms with E-state index in [1.165, 1.54) is 12.8 Å². The van der Waals surface area contributed by atoms with Crippen LogP contribution in [0.2, 0.25) is 0 Å². The maximum absolute atomic E-state index is 12.4. The molecule has 0 bridgehead atoms. The van der Waals surface area contributed by atoms with Gasteiger partial charge in [0.05, 0.1) is 0 Å². The molecule has 2 atom stereocenters. The maximum Gasteiger partial charge on any atom is 0.238 e. The highest BCUT2D eigenvalue weighted by Crippen LogP contribution is 2.25. The summed E-state index contributed by atoms with van der Waals surface area (Å²) in [6, 6.07) is 4.00. The fourth-order valence-electron chi connectivity index (χ4n) is 3.33. The molecule has 0 radical (unpaired) electrons. The first kappa shape index (κ1) is 17.2. The first-order chi connectivity index (χ1) is 11.6. The minimum Gasteiger partial charge on any atom is -0.474 e. The van der Waals surface area contributed by atoms with Gasteiger partial charge < -0.3 is 10.1 Å². The van der Waals surface area contributed by atoms with E-state index in [1.807, 2.05) is 12.1 Å². The highest BCUT2D eigenvalue weighted by Gasteiger charge is 2.30. The highest BCUT2D eigenvalue weighted by atomic mass is 16.5. The van der Waals surface area contributed by atoms with Crippen LogP contribution in [0.1, 0.15) is 51.5 Å². The van der Waals surface area contributed by atoms with Gasteiger partial charge in [-0.05, 0) is 44.1 Å². The Hall–Kier alpha value is -1.66. The molecular formula is C18H28N4O2. The molecule has 0 aromatic carbocycles. The number of hydrazine groups is 1. The van der Waals surface area contributed by atoms with E-state index >= 15 is 0 Å². The van der Waals surface area contributed by atoms with Crippen LogP contribution in [0, 0.1) is 5.92 Å². The molecule has 6 nitrogen and oxygen atoms in total. The number of rotatable bonds is 6. The molecule has 1 amide bonds. The van der Waals surface area contributed by atoms with Crippen LogP contribution in [0.25, 0.3) is 0 Å². The second kappa shape index (κ2) is 7.94. The summed E-state index contributed by atoms with van der Waals surface area (Å²) in [5.41, 5.74) is 7.22. The van der Waals surface area contributed by atoms with E-state index in [4.69, 9.17) is 4.74 Å².